The van der Waals surface area contributed by atoms with E-state index in [0.29, 0.717) is 29.4 Å². The van der Waals surface area contributed by atoms with Crippen molar-refractivity contribution in [3.8, 4) is 11.5 Å². The molecule has 0 radical (unpaired) electrons. The highest BCUT2D eigenvalue weighted by molar-refractivity contribution is 6.07. The molecule has 1 heterocycles. The Bertz CT molecular complexity index is 1010. The highest BCUT2D eigenvalue weighted by Crippen LogP contribution is 2.34. The van der Waals surface area contributed by atoms with Gasteiger partial charge in [-0.3, -0.25) is 4.79 Å². The van der Waals surface area contributed by atoms with Crippen LogP contribution >= 0.6 is 0 Å². The number of rotatable bonds is 6. The number of hydrogen-bond acceptors (Lipinski definition) is 4. The maximum absolute atomic E-state index is 13.2. The largest absolute Gasteiger partial charge is 0.493 e. The van der Waals surface area contributed by atoms with Crippen LogP contribution in [0, 0.1) is 13.8 Å². The zero-order valence-corrected chi connectivity index (χ0v) is 17.9. The van der Waals surface area contributed by atoms with E-state index in [4.69, 9.17) is 9.47 Å². The number of carbonyl (C=O) groups excluding carboxylic acids is 2. The molecule has 0 aliphatic carbocycles. The Morgan fingerprint density at radius 3 is 2.57 bits per heavy atom. The first-order valence-corrected chi connectivity index (χ1v) is 9.81. The number of nitrogens with one attached hydrogen (secondary N) is 3. The Morgan fingerprint density at radius 2 is 1.87 bits per heavy atom. The molecule has 1 aliphatic heterocycles. The molecule has 0 unspecified atom stereocenters. The Balaban J connectivity index is 1.98. The maximum atomic E-state index is 13.2. The molecule has 2 aromatic carbocycles. The van der Waals surface area contributed by atoms with Gasteiger partial charge in [-0.2, -0.15) is 0 Å². The predicted octanol–water partition coefficient (Wildman–Crippen LogP) is 3.98. The van der Waals surface area contributed by atoms with Gasteiger partial charge in [-0.1, -0.05) is 18.2 Å². The molecule has 7 heteroatoms. The van der Waals surface area contributed by atoms with Crippen molar-refractivity contribution in [2.24, 2.45) is 0 Å². The molecule has 0 saturated heterocycles. The summed E-state index contributed by atoms with van der Waals surface area (Å²) in [5.41, 5.74) is 4.39. The number of carbonyl (C=O) groups is 2. The van der Waals surface area contributed by atoms with E-state index < -0.39 is 6.04 Å². The van der Waals surface area contributed by atoms with Crippen LogP contribution < -0.4 is 25.4 Å². The molecule has 0 spiro atoms. The Labute approximate surface area is 176 Å². The van der Waals surface area contributed by atoms with Crippen LogP contribution in [0.25, 0.3) is 0 Å². The second-order valence-corrected chi connectivity index (χ2v) is 7.19. The average molecular weight is 409 g/mol. The fourth-order valence-electron chi connectivity index (χ4n) is 3.44. The minimum Gasteiger partial charge on any atom is -0.493 e. The van der Waals surface area contributed by atoms with Crippen molar-refractivity contribution < 1.29 is 19.1 Å². The van der Waals surface area contributed by atoms with Crippen molar-refractivity contribution in [2.75, 3.05) is 19.0 Å². The van der Waals surface area contributed by atoms with Gasteiger partial charge in [-0.05, 0) is 62.6 Å². The summed E-state index contributed by atoms with van der Waals surface area (Å²) in [5.74, 6) is 0.853. The zero-order chi connectivity index (χ0) is 21.8. The summed E-state index contributed by atoms with van der Waals surface area (Å²) < 4.78 is 11.0. The third-order valence-corrected chi connectivity index (χ3v) is 4.98. The molecule has 3 N–H and O–H groups in total. The quantitative estimate of drug-likeness (QED) is 0.673. The number of aryl methyl sites for hydroxylation is 2. The maximum Gasteiger partial charge on any atom is 0.319 e. The number of ether oxygens (including phenoxy) is 2. The minimum absolute atomic E-state index is 0.286. The SMILES string of the molecule is CCOc1ccc([C@H]2NC(=O)NC(C)=C2C(=O)Nc2cc(C)ccc2C)cc1OC. The predicted molar refractivity (Wildman–Crippen MR) is 116 cm³/mol. The van der Waals surface area contributed by atoms with Gasteiger partial charge >= 0.3 is 6.03 Å². The van der Waals surface area contributed by atoms with E-state index in [1.54, 1.807) is 26.2 Å². The van der Waals surface area contributed by atoms with Crippen LogP contribution in [-0.4, -0.2) is 25.7 Å². The summed E-state index contributed by atoms with van der Waals surface area (Å²) in [6.07, 6.45) is 0. The van der Waals surface area contributed by atoms with Crippen LogP contribution in [0.2, 0.25) is 0 Å². The molecule has 3 amide bonds. The topological polar surface area (TPSA) is 88.7 Å². The number of anilines is 1. The third kappa shape index (κ3) is 4.40. The number of benzene rings is 2. The molecule has 0 bridgehead atoms. The van der Waals surface area contributed by atoms with E-state index >= 15 is 0 Å². The summed E-state index contributed by atoms with van der Waals surface area (Å²) >= 11 is 0. The zero-order valence-electron chi connectivity index (χ0n) is 17.9. The van der Waals surface area contributed by atoms with Crippen molar-refractivity contribution in [1.82, 2.24) is 10.6 Å². The van der Waals surface area contributed by atoms with Crippen LogP contribution in [0.3, 0.4) is 0 Å². The van der Waals surface area contributed by atoms with Crippen LogP contribution in [0.5, 0.6) is 11.5 Å². The first kappa shape index (κ1) is 21.2. The van der Waals surface area contributed by atoms with E-state index in [-0.39, 0.29) is 11.9 Å². The average Bonchev–Trinajstić information content (AvgIpc) is 2.70. The molecule has 0 aromatic heterocycles. The summed E-state index contributed by atoms with van der Waals surface area (Å²) in [6.45, 7) is 8.02. The Morgan fingerprint density at radius 1 is 1.10 bits per heavy atom. The molecular weight excluding hydrogens is 382 g/mol. The van der Waals surface area contributed by atoms with Gasteiger partial charge in [0, 0.05) is 11.4 Å². The molecule has 7 nitrogen and oxygen atoms in total. The Hall–Kier alpha value is -3.48. The van der Waals surface area contributed by atoms with Gasteiger partial charge in [0.1, 0.15) is 0 Å². The van der Waals surface area contributed by atoms with Gasteiger partial charge in [0.05, 0.1) is 25.3 Å². The van der Waals surface area contributed by atoms with Gasteiger partial charge in [-0.25, -0.2) is 4.79 Å². The van der Waals surface area contributed by atoms with Gasteiger partial charge in [0.25, 0.3) is 5.91 Å². The molecule has 2 aromatic rings. The molecular formula is C23H27N3O4. The van der Waals surface area contributed by atoms with Crippen LogP contribution in [-0.2, 0) is 4.79 Å². The van der Waals surface area contributed by atoms with Gasteiger partial charge < -0.3 is 25.4 Å². The van der Waals surface area contributed by atoms with Crippen LogP contribution in [0.15, 0.2) is 47.7 Å². The monoisotopic (exact) mass is 409 g/mol. The fraction of sp³-hybridized carbons (Fsp3) is 0.304. The third-order valence-electron chi connectivity index (χ3n) is 4.98. The van der Waals surface area contributed by atoms with Crippen molar-refractivity contribution in [3.63, 3.8) is 0 Å². The normalized spacial score (nSPS) is 15.9. The first-order chi connectivity index (χ1) is 14.3. The smallest absolute Gasteiger partial charge is 0.319 e. The lowest BCUT2D eigenvalue weighted by Crippen LogP contribution is -2.46. The molecule has 158 valence electrons. The first-order valence-electron chi connectivity index (χ1n) is 9.81. The van der Waals surface area contributed by atoms with Crippen LogP contribution in [0.4, 0.5) is 10.5 Å². The van der Waals surface area contributed by atoms with Crippen LogP contribution in [0.1, 0.15) is 36.6 Å². The fourth-order valence-corrected chi connectivity index (χ4v) is 3.44. The van der Waals surface area contributed by atoms with E-state index in [1.165, 1.54) is 0 Å². The van der Waals surface area contributed by atoms with E-state index in [2.05, 4.69) is 16.0 Å². The highest BCUT2D eigenvalue weighted by atomic mass is 16.5. The highest BCUT2D eigenvalue weighted by Gasteiger charge is 2.32. The summed E-state index contributed by atoms with van der Waals surface area (Å²) in [4.78, 5) is 25.4. The van der Waals surface area contributed by atoms with Crippen molar-refractivity contribution in [2.45, 2.75) is 33.7 Å². The van der Waals surface area contributed by atoms with Gasteiger partial charge in [0.2, 0.25) is 0 Å². The Kier molecular flexibility index (Phi) is 6.30. The van der Waals surface area contributed by atoms with Gasteiger partial charge in [0.15, 0.2) is 11.5 Å². The minimum atomic E-state index is -0.631. The number of hydrogen-bond donors (Lipinski definition) is 3. The number of methoxy groups -OCH3 is 1. The molecule has 0 saturated carbocycles. The molecule has 30 heavy (non-hydrogen) atoms. The number of urea groups is 1. The summed E-state index contributed by atoms with van der Waals surface area (Å²) in [6, 6.07) is 10.3. The number of amides is 3. The molecule has 3 rings (SSSR count). The van der Waals surface area contributed by atoms with Gasteiger partial charge in [-0.15, -0.1) is 0 Å². The van der Waals surface area contributed by atoms with Crippen molar-refractivity contribution in [3.05, 3.63) is 64.4 Å². The molecule has 1 atom stereocenters. The molecule has 0 fully saturated rings. The standard InChI is InChI=1S/C23H27N3O4/c1-6-30-18-10-9-16(12-19(18)29-5)21-20(15(4)24-23(28)26-21)22(27)25-17-11-13(2)7-8-14(17)3/h7-12,21H,6H2,1-5H3,(H,25,27)(H2,24,26,28)/t21-/m1/s1. The second kappa shape index (κ2) is 8.90. The van der Waals surface area contributed by atoms with E-state index in [0.717, 1.165) is 22.4 Å². The van der Waals surface area contributed by atoms with E-state index in [1.807, 2.05) is 45.0 Å². The lowest BCUT2D eigenvalue weighted by atomic mass is 9.94. The second-order valence-electron chi connectivity index (χ2n) is 7.19. The molecule has 1 aliphatic rings. The lowest BCUT2D eigenvalue weighted by molar-refractivity contribution is -0.113. The van der Waals surface area contributed by atoms with Crippen molar-refractivity contribution in [1.29, 1.82) is 0 Å². The van der Waals surface area contributed by atoms with Crippen molar-refractivity contribution >= 4 is 17.6 Å². The lowest BCUT2D eigenvalue weighted by Gasteiger charge is -2.29. The van der Waals surface area contributed by atoms with E-state index in [9.17, 15) is 9.59 Å². The summed E-state index contributed by atoms with van der Waals surface area (Å²) in [5, 5.41) is 8.52. The summed E-state index contributed by atoms with van der Waals surface area (Å²) in [7, 11) is 1.55. The number of allylic oxidation sites excluding steroid dienone is 1.